The van der Waals surface area contributed by atoms with E-state index in [2.05, 4.69) is 22.0 Å². The van der Waals surface area contributed by atoms with E-state index < -0.39 is 0 Å². The molecule has 1 saturated heterocycles. The van der Waals surface area contributed by atoms with E-state index in [1.54, 1.807) is 11.8 Å². The van der Waals surface area contributed by atoms with Crippen LogP contribution in [0.1, 0.15) is 11.1 Å². The van der Waals surface area contributed by atoms with Gasteiger partial charge < -0.3 is 9.84 Å². The normalized spacial score (nSPS) is 16.9. The monoisotopic (exact) mass is 327 g/mol. The highest BCUT2D eigenvalue weighted by atomic mass is 79.9. The summed E-state index contributed by atoms with van der Waals surface area (Å²) in [6, 6.07) is 7.75. The second kappa shape index (κ2) is 6.07. The summed E-state index contributed by atoms with van der Waals surface area (Å²) in [5, 5.41) is 18.1. The molecule has 1 aliphatic heterocycles. The Labute approximate surface area is 119 Å². The number of halogens is 1. The molecule has 0 unspecified atom stereocenters. The van der Waals surface area contributed by atoms with Gasteiger partial charge in [-0.1, -0.05) is 22.0 Å². The van der Waals surface area contributed by atoms with E-state index in [-0.39, 0.29) is 12.0 Å². The molecule has 0 aliphatic carbocycles. The lowest BCUT2D eigenvalue weighted by Crippen LogP contribution is -2.47. The van der Waals surface area contributed by atoms with E-state index in [4.69, 9.17) is 10.00 Å². The molecule has 1 aromatic carbocycles. The Morgan fingerprint density at radius 1 is 1.50 bits per heavy atom. The highest BCUT2D eigenvalue weighted by Gasteiger charge is 2.37. The third-order valence-corrected chi connectivity index (χ3v) is 5.07. The van der Waals surface area contributed by atoms with Crippen molar-refractivity contribution in [3.63, 3.8) is 0 Å². The molecule has 2 rings (SSSR count). The molecule has 1 fully saturated rings. The fraction of sp³-hybridized carbons (Fsp3) is 0.462. The lowest BCUT2D eigenvalue weighted by Gasteiger charge is -2.39. The molecule has 1 heterocycles. The first-order valence-electron chi connectivity index (χ1n) is 5.64. The fourth-order valence-electron chi connectivity index (χ4n) is 1.72. The van der Waals surface area contributed by atoms with E-state index in [9.17, 15) is 5.11 Å². The quantitative estimate of drug-likeness (QED) is 0.903. The van der Waals surface area contributed by atoms with Crippen molar-refractivity contribution in [2.75, 3.05) is 25.6 Å². The van der Waals surface area contributed by atoms with Crippen LogP contribution in [0.25, 0.3) is 0 Å². The lowest BCUT2D eigenvalue weighted by molar-refractivity contribution is -0.121. The second-order valence-corrected chi connectivity index (χ2v) is 6.40. The van der Waals surface area contributed by atoms with Crippen LogP contribution in [0, 0.1) is 16.7 Å². The van der Waals surface area contributed by atoms with Crippen LogP contribution < -0.4 is 0 Å². The van der Waals surface area contributed by atoms with Gasteiger partial charge >= 0.3 is 0 Å². The number of hydrogen-bond acceptors (Lipinski definition) is 4. The zero-order valence-corrected chi connectivity index (χ0v) is 12.3. The molecule has 1 aromatic rings. The van der Waals surface area contributed by atoms with Crippen LogP contribution >= 0.6 is 27.7 Å². The lowest BCUT2D eigenvalue weighted by atomic mass is 9.90. The Hall–Kier alpha value is -0.540. The topological polar surface area (TPSA) is 53.2 Å². The predicted octanol–water partition coefficient (Wildman–Crippen LogP) is 2.56. The molecule has 1 N–H and O–H groups in total. The molecule has 0 aromatic heterocycles. The molecular formula is C13H14BrNO2S. The van der Waals surface area contributed by atoms with Crippen molar-refractivity contribution in [1.82, 2.24) is 0 Å². The van der Waals surface area contributed by atoms with Crippen molar-refractivity contribution in [2.24, 2.45) is 5.41 Å². The van der Waals surface area contributed by atoms with Crippen LogP contribution in [0.15, 0.2) is 22.7 Å². The maximum atomic E-state index is 9.32. The van der Waals surface area contributed by atoms with Crippen molar-refractivity contribution < 1.29 is 9.84 Å². The first-order valence-corrected chi connectivity index (χ1v) is 7.59. The summed E-state index contributed by atoms with van der Waals surface area (Å²) >= 11 is 5.27. The molecule has 0 atom stereocenters. The molecule has 0 bridgehead atoms. The van der Waals surface area contributed by atoms with Gasteiger partial charge in [0.15, 0.2) is 0 Å². The number of rotatable bonds is 5. The van der Waals surface area contributed by atoms with Gasteiger partial charge in [-0.3, -0.25) is 0 Å². The summed E-state index contributed by atoms with van der Waals surface area (Å²) in [6.07, 6.45) is 0. The first kappa shape index (κ1) is 13.9. The van der Waals surface area contributed by atoms with Gasteiger partial charge in [0.2, 0.25) is 0 Å². The molecular weight excluding hydrogens is 314 g/mol. The summed E-state index contributed by atoms with van der Waals surface area (Å²) in [5.74, 6) is 1.77. The standard InChI is InChI=1S/C13H14BrNO2S/c14-12-3-10(4-15)1-2-11(12)5-18-9-13(6-16)7-17-8-13/h1-3,16H,5-9H2. The smallest absolute Gasteiger partial charge is 0.0992 e. The highest BCUT2D eigenvalue weighted by molar-refractivity contribution is 9.10. The van der Waals surface area contributed by atoms with Gasteiger partial charge in [0.05, 0.1) is 31.5 Å². The van der Waals surface area contributed by atoms with Gasteiger partial charge in [0, 0.05) is 21.4 Å². The summed E-state index contributed by atoms with van der Waals surface area (Å²) in [5.41, 5.74) is 1.80. The summed E-state index contributed by atoms with van der Waals surface area (Å²) in [6.45, 7) is 1.50. The third kappa shape index (κ3) is 3.07. The Kier molecular flexibility index (Phi) is 4.68. The van der Waals surface area contributed by atoms with Gasteiger partial charge in [0.25, 0.3) is 0 Å². The van der Waals surface area contributed by atoms with Crippen LogP contribution in [0.3, 0.4) is 0 Å². The summed E-state index contributed by atoms with van der Waals surface area (Å²) in [4.78, 5) is 0. The predicted molar refractivity (Wildman–Crippen MR) is 75.4 cm³/mol. The van der Waals surface area contributed by atoms with Gasteiger partial charge in [-0.15, -0.1) is 0 Å². The number of benzene rings is 1. The summed E-state index contributed by atoms with van der Waals surface area (Å²) in [7, 11) is 0. The number of nitrogens with zero attached hydrogens (tertiary/aromatic N) is 1. The van der Waals surface area contributed by atoms with E-state index >= 15 is 0 Å². The molecule has 0 spiro atoms. The van der Waals surface area contributed by atoms with Crippen molar-refractivity contribution in [2.45, 2.75) is 5.75 Å². The van der Waals surface area contributed by atoms with Crippen LogP contribution in [-0.4, -0.2) is 30.7 Å². The molecule has 18 heavy (non-hydrogen) atoms. The molecule has 96 valence electrons. The maximum Gasteiger partial charge on any atom is 0.0992 e. The van der Waals surface area contributed by atoms with Crippen LogP contribution in [-0.2, 0) is 10.5 Å². The Morgan fingerprint density at radius 3 is 2.78 bits per heavy atom. The molecule has 0 amide bonds. The molecule has 0 radical (unpaired) electrons. The molecule has 0 saturated carbocycles. The third-order valence-electron chi connectivity index (χ3n) is 3.00. The van der Waals surface area contributed by atoms with Crippen molar-refractivity contribution >= 4 is 27.7 Å². The zero-order valence-electron chi connectivity index (χ0n) is 9.86. The zero-order chi connectivity index (χ0) is 13.0. The first-order chi connectivity index (χ1) is 8.69. The van der Waals surface area contributed by atoms with Gasteiger partial charge in [0.1, 0.15) is 0 Å². The van der Waals surface area contributed by atoms with Crippen molar-refractivity contribution in [3.05, 3.63) is 33.8 Å². The fourth-order valence-corrected chi connectivity index (χ4v) is 3.69. The van der Waals surface area contributed by atoms with Crippen LogP contribution in [0.4, 0.5) is 0 Å². The Bertz CT molecular complexity index is 463. The van der Waals surface area contributed by atoms with Crippen molar-refractivity contribution in [3.8, 4) is 6.07 Å². The minimum absolute atomic E-state index is 0.0380. The minimum atomic E-state index is -0.0380. The Morgan fingerprint density at radius 2 is 2.28 bits per heavy atom. The number of hydrogen-bond donors (Lipinski definition) is 1. The Balaban J connectivity index is 1.89. The van der Waals surface area contributed by atoms with E-state index in [1.165, 1.54) is 5.56 Å². The van der Waals surface area contributed by atoms with E-state index in [1.807, 2.05) is 18.2 Å². The van der Waals surface area contributed by atoms with Crippen LogP contribution in [0.2, 0.25) is 0 Å². The second-order valence-electron chi connectivity index (χ2n) is 4.56. The highest BCUT2D eigenvalue weighted by Crippen LogP contribution is 2.33. The largest absolute Gasteiger partial charge is 0.396 e. The number of thioether (sulfide) groups is 1. The maximum absolute atomic E-state index is 9.32. The number of ether oxygens (including phenoxy) is 1. The van der Waals surface area contributed by atoms with Gasteiger partial charge in [-0.2, -0.15) is 17.0 Å². The van der Waals surface area contributed by atoms with Crippen LogP contribution in [0.5, 0.6) is 0 Å². The average Bonchev–Trinajstić information content (AvgIpc) is 2.34. The van der Waals surface area contributed by atoms with Gasteiger partial charge in [-0.25, -0.2) is 0 Å². The van der Waals surface area contributed by atoms with E-state index in [0.29, 0.717) is 18.8 Å². The minimum Gasteiger partial charge on any atom is -0.396 e. The SMILES string of the molecule is N#Cc1ccc(CSCC2(CO)COC2)c(Br)c1. The number of aliphatic hydroxyl groups is 1. The molecule has 5 heteroatoms. The van der Waals surface area contributed by atoms with Crippen molar-refractivity contribution in [1.29, 1.82) is 5.26 Å². The summed E-state index contributed by atoms with van der Waals surface area (Å²) < 4.78 is 6.14. The molecule has 3 nitrogen and oxygen atoms in total. The number of nitriles is 1. The van der Waals surface area contributed by atoms with Gasteiger partial charge in [-0.05, 0) is 17.7 Å². The average molecular weight is 328 g/mol. The molecule has 1 aliphatic rings. The van der Waals surface area contributed by atoms with E-state index in [0.717, 1.165) is 16.0 Å². The number of aliphatic hydroxyl groups excluding tert-OH is 1.